The van der Waals surface area contributed by atoms with Gasteiger partial charge in [0, 0.05) is 19.1 Å². The molecule has 1 fully saturated rings. The first-order valence-corrected chi connectivity index (χ1v) is 8.37. The average Bonchev–Trinajstić information content (AvgIpc) is 2.55. The van der Waals surface area contributed by atoms with Crippen molar-refractivity contribution in [1.29, 1.82) is 0 Å². The van der Waals surface area contributed by atoms with E-state index in [9.17, 15) is 14.0 Å². The van der Waals surface area contributed by atoms with Gasteiger partial charge < -0.3 is 10.2 Å². The number of nitrogens with zero attached hydrogens (tertiary/aromatic N) is 1. The van der Waals surface area contributed by atoms with E-state index in [2.05, 4.69) is 12.2 Å². The van der Waals surface area contributed by atoms with Gasteiger partial charge in [0.1, 0.15) is 5.82 Å². The monoisotopic (exact) mass is 320 g/mol. The molecule has 2 rings (SSSR count). The summed E-state index contributed by atoms with van der Waals surface area (Å²) < 4.78 is 13.8. The number of nitrogens with one attached hydrogen (secondary N) is 1. The highest BCUT2D eigenvalue weighted by atomic mass is 19.1. The molecular weight excluding hydrogens is 295 g/mol. The molecule has 1 heterocycles. The fraction of sp³-hybridized carbons (Fsp3) is 0.556. The molecule has 0 aromatic heterocycles. The molecule has 1 aromatic carbocycles. The number of hydrogen-bond donors (Lipinski definition) is 1. The van der Waals surface area contributed by atoms with Crippen LogP contribution in [-0.4, -0.2) is 35.8 Å². The number of carbonyl (C=O) groups is 2. The number of piperidine rings is 1. The zero-order valence-electron chi connectivity index (χ0n) is 13.8. The molecule has 5 heteroatoms. The Balaban J connectivity index is 1.99. The van der Waals surface area contributed by atoms with Crippen molar-refractivity contribution in [2.75, 3.05) is 13.1 Å². The molecule has 1 aliphatic rings. The summed E-state index contributed by atoms with van der Waals surface area (Å²) in [5, 5.41) is 3.01. The van der Waals surface area contributed by atoms with Gasteiger partial charge in [-0.1, -0.05) is 25.5 Å². The molecule has 2 unspecified atom stereocenters. The quantitative estimate of drug-likeness (QED) is 0.907. The lowest BCUT2D eigenvalue weighted by Gasteiger charge is -2.32. The van der Waals surface area contributed by atoms with Crippen LogP contribution in [0, 0.1) is 11.7 Å². The predicted octanol–water partition coefficient (Wildman–Crippen LogP) is 2.98. The maximum absolute atomic E-state index is 13.8. The normalized spacial score (nSPS) is 19.3. The first-order chi connectivity index (χ1) is 11.0. The number of hydrogen-bond acceptors (Lipinski definition) is 2. The van der Waals surface area contributed by atoms with Gasteiger partial charge >= 0.3 is 0 Å². The molecule has 2 amide bonds. The predicted molar refractivity (Wildman–Crippen MR) is 87.5 cm³/mol. The molecular formula is C18H25FN2O2. The summed E-state index contributed by atoms with van der Waals surface area (Å²) in [6, 6.07) is 6.13. The van der Waals surface area contributed by atoms with E-state index in [0.29, 0.717) is 13.1 Å². The first-order valence-electron chi connectivity index (χ1n) is 8.37. The maximum atomic E-state index is 13.8. The fourth-order valence-corrected chi connectivity index (χ4v) is 3.05. The lowest BCUT2D eigenvalue weighted by atomic mass is 9.96. The Bertz CT molecular complexity index is 562. The van der Waals surface area contributed by atoms with Crippen LogP contribution < -0.4 is 5.32 Å². The van der Waals surface area contributed by atoms with Gasteiger partial charge in [0.2, 0.25) is 5.91 Å². The SMILES string of the molecule is CCCC(C)NC(=O)C1CCCN(C(=O)c2ccccc2F)C1. The summed E-state index contributed by atoms with van der Waals surface area (Å²) >= 11 is 0. The first kappa shape index (κ1) is 17.4. The summed E-state index contributed by atoms with van der Waals surface area (Å²) in [4.78, 5) is 26.4. The molecule has 1 aromatic rings. The third kappa shape index (κ3) is 4.53. The molecule has 0 spiro atoms. The van der Waals surface area contributed by atoms with Crippen LogP contribution in [0.25, 0.3) is 0 Å². The van der Waals surface area contributed by atoms with Crippen molar-refractivity contribution in [3.63, 3.8) is 0 Å². The second-order valence-electron chi connectivity index (χ2n) is 6.27. The van der Waals surface area contributed by atoms with Gasteiger partial charge in [-0.15, -0.1) is 0 Å². The van der Waals surface area contributed by atoms with E-state index < -0.39 is 5.82 Å². The van der Waals surface area contributed by atoms with Gasteiger partial charge in [0.25, 0.3) is 5.91 Å². The number of benzene rings is 1. The average molecular weight is 320 g/mol. The van der Waals surface area contributed by atoms with Gasteiger partial charge in [0.15, 0.2) is 0 Å². The highest BCUT2D eigenvalue weighted by Crippen LogP contribution is 2.20. The second-order valence-corrected chi connectivity index (χ2v) is 6.27. The molecule has 23 heavy (non-hydrogen) atoms. The van der Waals surface area contributed by atoms with E-state index in [1.54, 1.807) is 17.0 Å². The van der Waals surface area contributed by atoms with Crippen molar-refractivity contribution < 1.29 is 14.0 Å². The molecule has 0 radical (unpaired) electrons. The van der Waals surface area contributed by atoms with Crippen molar-refractivity contribution in [3.05, 3.63) is 35.6 Å². The highest BCUT2D eigenvalue weighted by Gasteiger charge is 2.30. The smallest absolute Gasteiger partial charge is 0.256 e. The van der Waals surface area contributed by atoms with Gasteiger partial charge in [-0.2, -0.15) is 0 Å². The number of likely N-dealkylation sites (tertiary alicyclic amines) is 1. The number of amides is 2. The number of rotatable bonds is 5. The molecule has 0 saturated carbocycles. The van der Waals surface area contributed by atoms with Crippen molar-refractivity contribution in [1.82, 2.24) is 10.2 Å². The Labute approximate surface area is 137 Å². The third-order valence-electron chi connectivity index (χ3n) is 4.29. The van der Waals surface area contributed by atoms with Crippen LogP contribution in [0.3, 0.4) is 0 Å². The molecule has 1 saturated heterocycles. The molecule has 0 bridgehead atoms. The third-order valence-corrected chi connectivity index (χ3v) is 4.29. The lowest BCUT2D eigenvalue weighted by Crippen LogP contribution is -2.47. The van der Waals surface area contributed by atoms with Crippen LogP contribution in [0.15, 0.2) is 24.3 Å². The Morgan fingerprint density at radius 1 is 1.39 bits per heavy atom. The van der Waals surface area contributed by atoms with E-state index >= 15 is 0 Å². The number of carbonyl (C=O) groups excluding carboxylic acids is 2. The Morgan fingerprint density at radius 3 is 2.83 bits per heavy atom. The van der Waals surface area contributed by atoms with E-state index in [-0.39, 0.29) is 29.3 Å². The Kier molecular flexibility index (Phi) is 6.13. The zero-order chi connectivity index (χ0) is 16.8. The van der Waals surface area contributed by atoms with Gasteiger partial charge in [-0.05, 0) is 38.3 Å². The summed E-state index contributed by atoms with van der Waals surface area (Å²) in [6.07, 6.45) is 3.49. The molecule has 4 nitrogen and oxygen atoms in total. The van der Waals surface area contributed by atoms with Gasteiger partial charge in [-0.25, -0.2) is 4.39 Å². The van der Waals surface area contributed by atoms with Crippen LogP contribution in [0.5, 0.6) is 0 Å². The molecule has 0 aliphatic carbocycles. The Morgan fingerprint density at radius 2 is 2.13 bits per heavy atom. The molecule has 1 aliphatic heterocycles. The van der Waals surface area contributed by atoms with Gasteiger partial charge in [0.05, 0.1) is 11.5 Å². The van der Waals surface area contributed by atoms with Crippen LogP contribution >= 0.6 is 0 Å². The van der Waals surface area contributed by atoms with Crippen molar-refractivity contribution in [2.24, 2.45) is 5.92 Å². The van der Waals surface area contributed by atoms with Crippen LogP contribution in [0.1, 0.15) is 49.9 Å². The standard InChI is InChI=1S/C18H25FN2O2/c1-3-7-13(2)20-17(22)14-8-6-11-21(12-14)18(23)15-9-4-5-10-16(15)19/h4-5,9-10,13-14H,3,6-8,11-12H2,1-2H3,(H,20,22). The maximum Gasteiger partial charge on any atom is 0.256 e. The molecule has 2 atom stereocenters. The van der Waals surface area contributed by atoms with Crippen LogP contribution in [-0.2, 0) is 4.79 Å². The van der Waals surface area contributed by atoms with E-state index in [1.165, 1.54) is 12.1 Å². The molecule has 1 N–H and O–H groups in total. The van der Waals surface area contributed by atoms with Crippen LogP contribution in [0.2, 0.25) is 0 Å². The minimum Gasteiger partial charge on any atom is -0.353 e. The largest absolute Gasteiger partial charge is 0.353 e. The second kappa shape index (κ2) is 8.09. The topological polar surface area (TPSA) is 49.4 Å². The zero-order valence-corrected chi connectivity index (χ0v) is 13.8. The molecule has 126 valence electrons. The summed E-state index contributed by atoms with van der Waals surface area (Å²) in [7, 11) is 0. The van der Waals surface area contributed by atoms with E-state index in [1.807, 2.05) is 6.92 Å². The summed E-state index contributed by atoms with van der Waals surface area (Å²) in [5.41, 5.74) is 0.0768. The van der Waals surface area contributed by atoms with E-state index in [0.717, 1.165) is 25.7 Å². The fourth-order valence-electron chi connectivity index (χ4n) is 3.05. The van der Waals surface area contributed by atoms with Crippen LogP contribution in [0.4, 0.5) is 4.39 Å². The Hall–Kier alpha value is -1.91. The highest BCUT2D eigenvalue weighted by molar-refractivity contribution is 5.95. The van der Waals surface area contributed by atoms with E-state index in [4.69, 9.17) is 0 Å². The minimum absolute atomic E-state index is 0.00279. The summed E-state index contributed by atoms with van der Waals surface area (Å²) in [6.45, 7) is 5.00. The summed E-state index contributed by atoms with van der Waals surface area (Å²) in [5.74, 6) is -1.06. The van der Waals surface area contributed by atoms with Crippen molar-refractivity contribution >= 4 is 11.8 Å². The van der Waals surface area contributed by atoms with Crippen molar-refractivity contribution in [3.8, 4) is 0 Å². The van der Waals surface area contributed by atoms with Gasteiger partial charge in [-0.3, -0.25) is 9.59 Å². The number of halogens is 1. The lowest BCUT2D eigenvalue weighted by molar-refractivity contribution is -0.127. The van der Waals surface area contributed by atoms with Crippen molar-refractivity contribution in [2.45, 2.75) is 45.6 Å². The minimum atomic E-state index is -0.513.